The topological polar surface area (TPSA) is 20.2 Å². The normalized spacial score (nSPS) is 22.4. The Balaban J connectivity index is 2.24. The van der Waals surface area contributed by atoms with Crippen LogP contribution in [0.25, 0.3) is 0 Å². The monoisotopic (exact) mass is 210 g/mol. The van der Waals surface area contributed by atoms with E-state index in [2.05, 4.69) is 23.8 Å². The molecule has 0 radical (unpaired) electrons. The summed E-state index contributed by atoms with van der Waals surface area (Å²) in [7, 11) is 0. The van der Waals surface area contributed by atoms with E-state index in [1.54, 1.807) is 11.3 Å². The first-order valence-electron chi connectivity index (χ1n) is 5.52. The second kappa shape index (κ2) is 4.03. The van der Waals surface area contributed by atoms with Crippen molar-refractivity contribution in [3.05, 3.63) is 22.4 Å². The van der Waals surface area contributed by atoms with Crippen LogP contribution in [0.15, 0.2) is 16.8 Å². The Labute approximate surface area is 89.8 Å². The first kappa shape index (κ1) is 10.2. The smallest absolute Gasteiger partial charge is 0.0929 e. The van der Waals surface area contributed by atoms with Gasteiger partial charge in [-0.05, 0) is 47.6 Å². The summed E-state index contributed by atoms with van der Waals surface area (Å²) in [5, 5.41) is 14.8. The zero-order valence-corrected chi connectivity index (χ0v) is 9.52. The summed E-state index contributed by atoms with van der Waals surface area (Å²) >= 11 is 1.68. The molecule has 0 bridgehead atoms. The molecule has 1 aromatic rings. The molecule has 0 aliphatic heterocycles. The molecule has 0 aromatic carbocycles. The van der Waals surface area contributed by atoms with E-state index in [0.29, 0.717) is 5.92 Å². The summed E-state index contributed by atoms with van der Waals surface area (Å²) in [5.74, 6) is 0.488. The minimum absolute atomic E-state index is 0.488. The maximum absolute atomic E-state index is 10.7. The van der Waals surface area contributed by atoms with E-state index in [-0.39, 0.29) is 0 Å². The van der Waals surface area contributed by atoms with E-state index in [1.807, 2.05) is 0 Å². The van der Waals surface area contributed by atoms with Crippen LogP contribution in [-0.4, -0.2) is 5.11 Å². The molecule has 2 rings (SSSR count). The average molecular weight is 210 g/mol. The molecule has 0 amide bonds. The third-order valence-electron chi connectivity index (χ3n) is 3.59. The molecule has 14 heavy (non-hydrogen) atoms. The quantitative estimate of drug-likeness (QED) is 0.809. The van der Waals surface area contributed by atoms with Crippen LogP contribution in [0.2, 0.25) is 0 Å². The summed E-state index contributed by atoms with van der Waals surface area (Å²) in [5.41, 5.74) is 0.591. The molecular formula is C12H18OS. The average Bonchev–Trinajstić information content (AvgIpc) is 2.88. The third-order valence-corrected chi connectivity index (χ3v) is 4.27. The number of hydrogen-bond acceptors (Lipinski definition) is 2. The molecule has 1 saturated carbocycles. The number of thiophene rings is 1. The molecule has 1 N–H and O–H groups in total. The van der Waals surface area contributed by atoms with Crippen molar-refractivity contribution in [2.75, 3.05) is 0 Å². The van der Waals surface area contributed by atoms with Gasteiger partial charge in [-0.2, -0.15) is 11.3 Å². The first-order chi connectivity index (χ1) is 6.77. The largest absolute Gasteiger partial charge is 0.385 e. The molecule has 1 atom stereocenters. The predicted molar refractivity (Wildman–Crippen MR) is 60.5 cm³/mol. The van der Waals surface area contributed by atoms with Crippen LogP contribution in [0.3, 0.4) is 0 Å². The standard InChI is InChI=1S/C12H18OS/c1-2-12(13,10-5-3-4-6-10)11-7-8-14-9-11/h7-10,13H,2-6H2,1H3. The summed E-state index contributed by atoms with van der Waals surface area (Å²) < 4.78 is 0. The number of rotatable bonds is 3. The van der Waals surface area contributed by atoms with Gasteiger partial charge in [0, 0.05) is 0 Å². The van der Waals surface area contributed by atoms with Gasteiger partial charge in [-0.15, -0.1) is 0 Å². The maximum Gasteiger partial charge on any atom is 0.0929 e. The van der Waals surface area contributed by atoms with Crippen LogP contribution in [-0.2, 0) is 5.60 Å². The van der Waals surface area contributed by atoms with Gasteiger partial charge in [-0.25, -0.2) is 0 Å². The van der Waals surface area contributed by atoms with Crippen LogP contribution in [0.5, 0.6) is 0 Å². The highest BCUT2D eigenvalue weighted by atomic mass is 32.1. The van der Waals surface area contributed by atoms with Crippen LogP contribution in [0, 0.1) is 5.92 Å². The Morgan fingerprint density at radius 3 is 2.71 bits per heavy atom. The molecule has 1 fully saturated rings. The SMILES string of the molecule is CCC(O)(c1ccsc1)C1CCCC1. The lowest BCUT2D eigenvalue weighted by Gasteiger charge is -2.32. The highest BCUT2D eigenvalue weighted by Gasteiger charge is 2.38. The molecule has 1 nitrogen and oxygen atoms in total. The van der Waals surface area contributed by atoms with Gasteiger partial charge < -0.3 is 5.11 Å². The molecule has 1 unspecified atom stereocenters. The van der Waals surface area contributed by atoms with Crippen molar-refractivity contribution in [2.24, 2.45) is 5.92 Å². The van der Waals surface area contributed by atoms with Gasteiger partial charge in [0.1, 0.15) is 0 Å². The molecule has 78 valence electrons. The summed E-state index contributed by atoms with van der Waals surface area (Å²) in [6.07, 6.45) is 5.81. The Hall–Kier alpha value is -0.340. The Morgan fingerprint density at radius 2 is 2.21 bits per heavy atom. The highest BCUT2D eigenvalue weighted by Crippen LogP contribution is 2.43. The Morgan fingerprint density at radius 1 is 1.50 bits per heavy atom. The van der Waals surface area contributed by atoms with Crippen molar-refractivity contribution in [3.63, 3.8) is 0 Å². The lowest BCUT2D eigenvalue weighted by molar-refractivity contribution is -0.0252. The fourth-order valence-electron chi connectivity index (χ4n) is 2.64. The molecule has 2 heteroatoms. The van der Waals surface area contributed by atoms with Crippen LogP contribution in [0.1, 0.15) is 44.6 Å². The van der Waals surface area contributed by atoms with E-state index in [1.165, 1.54) is 25.7 Å². The van der Waals surface area contributed by atoms with Gasteiger partial charge in [-0.3, -0.25) is 0 Å². The van der Waals surface area contributed by atoms with Crippen molar-refractivity contribution in [3.8, 4) is 0 Å². The van der Waals surface area contributed by atoms with Crippen LogP contribution >= 0.6 is 11.3 Å². The van der Waals surface area contributed by atoms with Gasteiger partial charge in [-0.1, -0.05) is 19.8 Å². The second-order valence-electron chi connectivity index (χ2n) is 4.27. The lowest BCUT2D eigenvalue weighted by Crippen LogP contribution is -2.32. The van der Waals surface area contributed by atoms with Gasteiger partial charge >= 0.3 is 0 Å². The Bertz CT molecular complexity index is 275. The minimum atomic E-state index is -0.545. The fraction of sp³-hybridized carbons (Fsp3) is 0.667. The van der Waals surface area contributed by atoms with E-state index in [0.717, 1.165) is 12.0 Å². The molecular weight excluding hydrogens is 192 g/mol. The highest BCUT2D eigenvalue weighted by molar-refractivity contribution is 7.08. The molecule has 1 aliphatic carbocycles. The van der Waals surface area contributed by atoms with Crippen molar-refractivity contribution in [1.29, 1.82) is 0 Å². The number of aliphatic hydroxyl groups is 1. The molecule has 1 aromatic heterocycles. The van der Waals surface area contributed by atoms with Crippen molar-refractivity contribution < 1.29 is 5.11 Å². The van der Waals surface area contributed by atoms with Crippen LogP contribution < -0.4 is 0 Å². The van der Waals surface area contributed by atoms with Gasteiger partial charge in [0.25, 0.3) is 0 Å². The van der Waals surface area contributed by atoms with E-state index in [9.17, 15) is 5.11 Å². The zero-order valence-electron chi connectivity index (χ0n) is 8.70. The second-order valence-corrected chi connectivity index (χ2v) is 5.05. The number of hydrogen-bond donors (Lipinski definition) is 1. The maximum atomic E-state index is 10.7. The van der Waals surface area contributed by atoms with E-state index in [4.69, 9.17) is 0 Å². The van der Waals surface area contributed by atoms with E-state index >= 15 is 0 Å². The summed E-state index contributed by atoms with van der Waals surface area (Å²) in [4.78, 5) is 0. The Kier molecular flexibility index (Phi) is 2.93. The third kappa shape index (κ3) is 1.61. The van der Waals surface area contributed by atoms with Crippen molar-refractivity contribution in [1.82, 2.24) is 0 Å². The lowest BCUT2D eigenvalue weighted by atomic mass is 9.79. The van der Waals surface area contributed by atoms with Gasteiger partial charge in [0.05, 0.1) is 5.60 Å². The fourth-order valence-corrected chi connectivity index (χ4v) is 3.38. The minimum Gasteiger partial charge on any atom is -0.385 e. The zero-order chi connectivity index (χ0) is 10.0. The van der Waals surface area contributed by atoms with Gasteiger partial charge in [0.15, 0.2) is 0 Å². The van der Waals surface area contributed by atoms with E-state index < -0.39 is 5.60 Å². The van der Waals surface area contributed by atoms with Gasteiger partial charge in [0.2, 0.25) is 0 Å². The van der Waals surface area contributed by atoms with Crippen molar-refractivity contribution >= 4 is 11.3 Å². The molecule has 0 spiro atoms. The summed E-state index contributed by atoms with van der Waals surface area (Å²) in [6.45, 7) is 2.09. The molecule has 0 saturated heterocycles. The predicted octanol–water partition coefficient (Wildman–Crippen LogP) is 3.54. The molecule has 1 heterocycles. The summed E-state index contributed by atoms with van der Waals surface area (Å²) in [6, 6.07) is 2.08. The van der Waals surface area contributed by atoms with Crippen molar-refractivity contribution in [2.45, 2.75) is 44.6 Å². The first-order valence-corrected chi connectivity index (χ1v) is 6.46. The molecule has 1 aliphatic rings. The van der Waals surface area contributed by atoms with Crippen LogP contribution in [0.4, 0.5) is 0 Å².